The van der Waals surface area contributed by atoms with Gasteiger partial charge < -0.3 is 15.7 Å². The zero-order valence-corrected chi connectivity index (χ0v) is 13.7. The van der Waals surface area contributed by atoms with Crippen molar-refractivity contribution in [2.24, 2.45) is 7.05 Å². The molecule has 0 aliphatic rings. The molecule has 0 saturated carbocycles. The zero-order valence-electron chi connectivity index (χ0n) is 12.9. The highest BCUT2D eigenvalue weighted by atomic mass is 35.5. The number of halogens is 2. The summed E-state index contributed by atoms with van der Waals surface area (Å²) in [5.41, 5.74) is 1.14. The lowest BCUT2D eigenvalue weighted by atomic mass is 10.1. The van der Waals surface area contributed by atoms with Gasteiger partial charge in [0.2, 0.25) is 5.91 Å². The van der Waals surface area contributed by atoms with Crippen LogP contribution in [0, 0.1) is 5.82 Å². The summed E-state index contributed by atoms with van der Waals surface area (Å²) in [5, 5.41) is 19.6. The summed E-state index contributed by atoms with van der Waals surface area (Å²) in [7, 11) is 3.43. The van der Waals surface area contributed by atoms with Gasteiger partial charge in [-0.05, 0) is 24.7 Å². The van der Waals surface area contributed by atoms with E-state index in [2.05, 4.69) is 15.7 Å². The van der Waals surface area contributed by atoms with E-state index in [0.29, 0.717) is 5.56 Å². The van der Waals surface area contributed by atoms with E-state index in [1.165, 1.54) is 18.2 Å². The number of aryl methyl sites for hydroxylation is 1. The number of carbonyl (C=O) groups excluding carboxylic acids is 1. The number of carbonyl (C=O) groups is 1. The third-order valence-corrected chi connectivity index (χ3v) is 3.31. The van der Waals surface area contributed by atoms with Crippen LogP contribution in [-0.2, 0) is 11.8 Å². The van der Waals surface area contributed by atoms with E-state index in [9.17, 15) is 14.3 Å². The minimum absolute atomic E-state index is 0. The van der Waals surface area contributed by atoms with Crippen molar-refractivity contribution < 1.29 is 14.3 Å². The molecule has 0 radical (unpaired) electrons. The molecule has 126 valence electrons. The first-order chi connectivity index (χ1) is 10.5. The number of nitrogens with one attached hydrogen (secondary N) is 2. The van der Waals surface area contributed by atoms with Gasteiger partial charge in [0.25, 0.3) is 0 Å². The minimum Gasteiger partial charge on any atom is -0.387 e. The van der Waals surface area contributed by atoms with Crippen LogP contribution in [0.3, 0.4) is 0 Å². The number of aliphatic hydroxyl groups is 1. The van der Waals surface area contributed by atoms with E-state index >= 15 is 0 Å². The Morgan fingerprint density at radius 3 is 2.74 bits per heavy atom. The summed E-state index contributed by atoms with van der Waals surface area (Å²) in [6.07, 6.45) is 2.37. The first-order valence-corrected chi connectivity index (χ1v) is 6.88. The van der Waals surface area contributed by atoms with Gasteiger partial charge in [-0.25, -0.2) is 4.39 Å². The Labute approximate surface area is 140 Å². The van der Waals surface area contributed by atoms with Gasteiger partial charge in [0, 0.05) is 25.4 Å². The summed E-state index contributed by atoms with van der Waals surface area (Å²) in [4.78, 5) is 12.2. The van der Waals surface area contributed by atoms with Gasteiger partial charge in [-0.1, -0.05) is 12.1 Å². The molecule has 1 aromatic carbocycles. The average molecular weight is 343 g/mol. The van der Waals surface area contributed by atoms with Crippen LogP contribution in [-0.4, -0.2) is 34.4 Å². The summed E-state index contributed by atoms with van der Waals surface area (Å²) in [5.74, 6) is -0.711. The lowest BCUT2D eigenvalue weighted by Gasteiger charge is -2.17. The molecule has 23 heavy (non-hydrogen) atoms. The van der Waals surface area contributed by atoms with Gasteiger partial charge in [0.15, 0.2) is 0 Å². The van der Waals surface area contributed by atoms with Gasteiger partial charge in [-0.3, -0.25) is 9.48 Å². The second-order valence-electron chi connectivity index (χ2n) is 4.98. The van der Waals surface area contributed by atoms with Crippen molar-refractivity contribution in [2.75, 3.05) is 13.6 Å². The van der Waals surface area contributed by atoms with E-state index in [-0.39, 0.29) is 24.9 Å². The maximum atomic E-state index is 13.1. The molecule has 1 amide bonds. The molecule has 1 aromatic heterocycles. The van der Waals surface area contributed by atoms with E-state index in [1.54, 1.807) is 37.2 Å². The molecule has 1 heterocycles. The smallest absolute Gasteiger partial charge is 0.241 e. The molecule has 0 aliphatic carbocycles. The third kappa shape index (κ3) is 5.02. The highest BCUT2D eigenvalue weighted by molar-refractivity contribution is 5.85. The van der Waals surface area contributed by atoms with Gasteiger partial charge >= 0.3 is 0 Å². The Balaban J connectivity index is 0.00000264. The highest BCUT2D eigenvalue weighted by Gasteiger charge is 2.21. The number of aromatic nitrogens is 2. The fraction of sp³-hybridized carbons (Fsp3) is 0.333. The van der Waals surface area contributed by atoms with Crippen molar-refractivity contribution >= 4 is 18.3 Å². The molecule has 2 atom stereocenters. The van der Waals surface area contributed by atoms with Gasteiger partial charge in [-0.2, -0.15) is 5.10 Å². The van der Waals surface area contributed by atoms with E-state index in [0.717, 1.165) is 5.56 Å². The van der Waals surface area contributed by atoms with Crippen molar-refractivity contribution in [1.82, 2.24) is 20.4 Å². The Morgan fingerprint density at radius 1 is 1.43 bits per heavy atom. The summed E-state index contributed by atoms with van der Waals surface area (Å²) in [6.45, 7) is 0.000723. The molecule has 2 unspecified atom stereocenters. The second kappa shape index (κ2) is 8.61. The normalized spacial score (nSPS) is 13.0. The number of hydrogen-bond donors (Lipinski definition) is 3. The second-order valence-corrected chi connectivity index (χ2v) is 4.98. The Morgan fingerprint density at radius 2 is 2.17 bits per heavy atom. The van der Waals surface area contributed by atoms with Gasteiger partial charge in [0.05, 0.1) is 12.3 Å². The SMILES string of the molecule is CNC(C(=O)NCC(O)c1cccc(F)c1)c1cnn(C)c1.Cl. The number of aliphatic hydroxyl groups excluding tert-OH is 1. The van der Waals surface area contributed by atoms with Crippen molar-refractivity contribution in [3.63, 3.8) is 0 Å². The average Bonchev–Trinajstić information content (AvgIpc) is 2.91. The topological polar surface area (TPSA) is 79.2 Å². The molecule has 0 bridgehead atoms. The maximum absolute atomic E-state index is 13.1. The van der Waals surface area contributed by atoms with Crippen molar-refractivity contribution in [2.45, 2.75) is 12.1 Å². The number of rotatable bonds is 6. The molecule has 2 rings (SSSR count). The number of likely N-dealkylation sites (N-methyl/N-ethyl adjacent to an activating group) is 1. The van der Waals surface area contributed by atoms with Crippen LogP contribution in [0.2, 0.25) is 0 Å². The first kappa shape index (κ1) is 19.1. The Bertz CT molecular complexity index is 650. The van der Waals surface area contributed by atoms with Crippen LogP contribution >= 0.6 is 12.4 Å². The van der Waals surface area contributed by atoms with Crippen molar-refractivity contribution in [3.8, 4) is 0 Å². The fourth-order valence-electron chi connectivity index (χ4n) is 2.17. The number of amides is 1. The van der Waals surface area contributed by atoms with Crippen LogP contribution in [0.25, 0.3) is 0 Å². The van der Waals surface area contributed by atoms with Gasteiger partial charge in [0.1, 0.15) is 11.9 Å². The van der Waals surface area contributed by atoms with Crippen LogP contribution in [0.4, 0.5) is 4.39 Å². The fourth-order valence-corrected chi connectivity index (χ4v) is 2.17. The summed E-state index contributed by atoms with van der Waals surface area (Å²) in [6, 6.07) is 5.11. The lowest BCUT2D eigenvalue weighted by Crippen LogP contribution is -2.37. The van der Waals surface area contributed by atoms with Crippen LogP contribution in [0.1, 0.15) is 23.3 Å². The highest BCUT2D eigenvalue weighted by Crippen LogP contribution is 2.15. The van der Waals surface area contributed by atoms with Crippen molar-refractivity contribution in [1.29, 1.82) is 0 Å². The molecule has 8 heteroatoms. The molecule has 3 N–H and O–H groups in total. The molecule has 0 saturated heterocycles. The van der Waals surface area contributed by atoms with Gasteiger partial charge in [-0.15, -0.1) is 12.4 Å². The summed E-state index contributed by atoms with van der Waals surface area (Å²) < 4.78 is 14.7. The minimum atomic E-state index is -0.967. The zero-order chi connectivity index (χ0) is 16.1. The number of benzene rings is 1. The van der Waals surface area contributed by atoms with Crippen LogP contribution in [0.15, 0.2) is 36.7 Å². The lowest BCUT2D eigenvalue weighted by molar-refractivity contribution is -0.123. The Hall–Kier alpha value is -1.96. The first-order valence-electron chi connectivity index (χ1n) is 6.88. The molecular formula is C15H20ClFN4O2. The number of hydrogen-bond acceptors (Lipinski definition) is 4. The Kier molecular flexibility index (Phi) is 7.15. The largest absolute Gasteiger partial charge is 0.387 e. The van der Waals surface area contributed by atoms with Crippen LogP contribution < -0.4 is 10.6 Å². The maximum Gasteiger partial charge on any atom is 0.241 e. The monoisotopic (exact) mass is 342 g/mol. The molecule has 0 fully saturated rings. The standard InChI is InChI=1S/C15H19FN4O2.ClH/c1-17-14(11-7-19-20(2)9-11)15(22)18-8-13(21)10-4-3-5-12(16)6-10;/h3-7,9,13-14,17,21H,8H2,1-2H3,(H,18,22);1H. The predicted molar refractivity (Wildman–Crippen MR) is 86.6 cm³/mol. The molecular weight excluding hydrogens is 323 g/mol. The van der Waals surface area contributed by atoms with E-state index < -0.39 is 18.0 Å². The third-order valence-electron chi connectivity index (χ3n) is 3.31. The van der Waals surface area contributed by atoms with Crippen LogP contribution in [0.5, 0.6) is 0 Å². The van der Waals surface area contributed by atoms with E-state index in [1.807, 2.05) is 0 Å². The van der Waals surface area contributed by atoms with E-state index in [4.69, 9.17) is 0 Å². The molecule has 2 aromatic rings. The quantitative estimate of drug-likeness (QED) is 0.734. The molecule has 0 spiro atoms. The van der Waals surface area contributed by atoms with Crippen molar-refractivity contribution in [3.05, 3.63) is 53.6 Å². The molecule has 0 aliphatic heterocycles. The number of nitrogens with zero attached hydrogens (tertiary/aromatic N) is 2. The molecule has 6 nitrogen and oxygen atoms in total. The summed E-state index contributed by atoms with van der Waals surface area (Å²) >= 11 is 0. The predicted octanol–water partition coefficient (Wildman–Crippen LogP) is 1.09.